The molecule has 0 atom stereocenters. The number of nitrogens with zero attached hydrogens (tertiary/aromatic N) is 5. The number of aliphatic hydroxyl groups is 1. The van der Waals surface area contributed by atoms with Gasteiger partial charge >= 0.3 is 13.8 Å². The number of halogens is 3. The van der Waals surface area contributed by atoms with Gasteiger partial charge in [0.25, 0.3) is 5.91 Å². The number of hydrogen-bond donors (Lipinski definition) is 6. The topological polar surface area (TPSA) is 197 Å². The monoisotopic (exact) mass is 650 g/mol. The molecule has 3 aromatic heterocycles. The molecule has 0 saturated heterocycles. The molecular weight excluding hydrogens is 620 g/mol. The Balaban J connectivity index is 1.67. The third-order valence-electron chi connectivity index (χ3n) is 6.31. The van der Waals surface area contributed by atoms with Crippen LogP contribution in [0.4, 0.5) is 36.3 Å². The minimum Gasteiger partial charge on any atom is -0.495 e. The van der Waals surface area contributed by atoms with E-state index in [-0.39, 0.29) is 40.9 Å². The first-order valence-corrected chi connectivity index (χ1v) is 15.2. The average Bonchev–Trinajstić information content (AvgIpc) is 3.45. The molecule has 0 radical (unpaired) electrons. The molecule has 4 aromatic rings. The smallest absolute Gasteiger partial charge is 0.421 e. The van der Waals surface area contributed by atoms with Crippen LogP contribution in [0, 0.1) is 0 Å². The van der Waals surface area contributed by atoms with E-state index in [1.165, 1.54) is 44.5 Å². The molecule has 18 heteroatoms. The minimum absolute atomic E-state index is 0.0582. The Kier molecular flexibility index (Phi) is 10.4. The molecule has 1 aromatic carbocycles. The van der Waals surface area contributed by atoms with Gasteiger partial charge in [-0.1, -0.05) is 6.07 Å². The van der Waals surface area contributed by atoms with Crippen molar-refractivity contribution >= 4 is 36.6 Å². The molecule has 3 heterocycles. The van der Waals surface area contributed by atoms with Crippen molar-refractivity contribution < 1.29 is 42.2 Å². The number of rotatable bonds is 13. The highest BCUT2D eigenvalue weighted by molar-refractivity contribution is 7.50. The summed E-state index contributed by atoms with van der Waals surface area (Å²) in [5.74, 6) is -1.48. The number of benzene rings is 1. The molecule has 1 amide bonds. The number of aryl methyl sites for hydroxylation is 1. The minimum atomic E-state index is -4.87. The van der Waals surface area contributed by atoms with Crippen LogP contribution < -0.4 is 20.7 Å². The van der Waals surface area contributed by atoms with Gasteiger partial charge in [-0.25, -0.2) is 9.97 Å². The number of ether oxygens (including phenoxy) is 1. The summed E-state index contributed by atoms with van der Waals surface area (Å²) in [6.07, 6.45) is -0.289. The van der Waals surface area contributed by atoms with Gasteiger partial charge in [-0.15, -0.1) is 0 Å². The van der Waals surface area contributed by atoms with E-state index in [1.54, 1.807) is 17.1 Å². The number of pyridine rings is 1. The predicted octanol–water partition coefficient (Wildman–Crippen LogP) is 4.06. The van der Waals surface area contributed by atoms with Gasteiger partial charge in [-0.05, 0) is 42.7 Å². The second-order valence-electron chi connectivity index (χ2n) is 9.66. The Morgan fingerprint density at radius 2 is 1.82 bits per heavy atom. The quantitative estimate of drug-likeness (QED) is 0.0898. The van der Waals surface area contributed by atoms with Crippen molar-refractivity contribution in [2.45, 2.75) is 31.7 Å². The Hall–Kier alpha value is -4.57. The molecule has 0 aliphatic carbocycles. The van der Waals surface area contributed by atoms with E-state index < -0.39 is 37.2 Å². The molecule has 0 aliphatic rings. The number of hydrogen-bond acceptors (Lipinski definition) is 10. The van der Waals surface area contributed by atoms with Crippen LogP contribution in [-0.2, 0) is 23.4 Å². The zero-order valence-electron chi connectivity index (χ0n) is 24.0. The summed E-state index contributed by atoms with van der Waals surface area (Å²) >= 11 is 0. The van der Waals surface area contributed by atoms with Crippen LogP contribution in [0.2, 0.25) is 0 Å². The van der Waals surface area contributed by atoms with E-state index in [4.69, 9.17) is 9.84 Å². The highest BCUT2D eigenvalue weighted by atomic mass is 31.2. The molecule has 14 nitrogen and oxygen atoms in total. The lowest BCUT2D eigenvalue weighted by molar-refractivity contribution is -0.137. The summed E-state index contributed by atoms with van der Waals surface area (Å²) in [6.45, 7) is 0.610. The lowest BCUT2D eigenvalue weighted by Crippen LogP contribution is -2.21. The number of unbranched alkanes of at least 4 members (excludes halogenated alkanes) is 1. The van der Waals surface area contributed by atoms with Gasteiger partial charge in [0.05, 0.1) is 36.5 Å². The molecule has 0 fully saturated rings. The van der Waals surface area contributed by atoms with Gasteiger partial charge in [0, 0.05) is 38.2 Å². The van der Waals surface area contributed by atoms with Gasteiger partial charge < -0.3 is 35.6 Å². The third-order valence-corrected chi connectivity index (χ3v) is 7.09. The van der Waals surface area contributed by atoms with E-state index in [0.717, 1.165) is 0 Å². The number of carbonyl (C=O) groups is 1. The lowest BCUT2D eigenvalue weighted by atomic mass is 10.1. The fourth-order valence-corrected chi connectivity index (χ4v) is 4.86. The number of methoxy groups -OCH3 is 1. The van der Waals surface area contributed by atoms with Crippen LogP contribution >= 0.6 is 7.60 Å². The van der Waals surface area contributed by atoms with E-state index in [2.05, 4.69) is 36.0 Å². The van der Waals surface area contributed by atoms with Gasteiger partial charge in [-0.2, -0.15) is 23.3 Å². The van der Waals surface area contributed by atoms with Crippen molar-refractivity contribution in [3.8, 4) is 17.0 Å². The molecule has 0 aliphatic heterocycles. The second kappa shape index (κ2) is 14.0. The van der Waals surface area contributed by atoms with Crippen molar-refractivity contribution in [1.82, 2.24) is 30.0 Å². The third kappa shape index (κ3) is 8.76. The zero-order valence-corrected chi connectivity index (χ0v) is 24.9. The van der Waals surface area contributed by atoms with Crippen LogP contribution in [0.25, 0.3) is 11.3 Å². The van der Waals surface area contributed by atoms with Crippen LogP contribution in [0.3, 0.4) is 0 Å². The van der Waals surface area contributed by atoms with E-state index in [0.29, 0.717) is 36.8 Å². The van der Waals surface area contributed by atoms with Crippen molar-refractivity contribution in [2.24, 2.45) is 0 Å². The van der Waals surface area contributed by atoms with Crippen LogP contribution in [0.1, 0.15) is 34.5 Å². The molecule has 0 bridgehead atoms. The first-order valence-electron chi connectivity index (χ1n) is 13.4. The highest BCUT2D eigenvalue weighted by Crippen LogP contribution is 2.41. The fourth-order valence-electron chi connectivity index (χ4n) is 4.18. The molecule has 6 N–H and O–H groups in total. The molecule has 240 valence electrons. The summed E-state index contributed by atoms with van der Waals surface area (Å²) < 4.78 is 60.3. The molecular formula is C27H30F3N8O6P. The van der Waals surface area contributed by atoms with Crippen molar-refractivity contribution in [2.75, 3.05) is 31.4 Å². The Bertz CT molecular complexity index is 1710. The number of nitrogens with one attached hydrogen (secondary N) is 3. The maximum Gasteiger partial charge on any atom is 0.421 e. The van der Waals surface area contributed by atoms with Crippen LogP contribution in [0.5, 0.6) is 5.75 Å². The number of carbonyl (C=O) groups excluding carboxylic acids is 1. The summed E-state index contributed by atoms with van der Waals surface area (Å²) in [5, 5.41) is 21.0. The summed E-state index contributed by atoms with van der Waals surface area (Å²) in [6, 6.07) is 7.11. The average molecular weight is 651 g/mol. The molecule has 0 spiro atoms. The Morgan fingerprint density at radius 1 is 1.07 bits per heavy atom. The fraction of sp³-hybridized carbons (Fsp3) is 0.296. The summed E-state index contributed by atoms with van der Waals surface area (Å²) in [7, 11) is -1.70. The molecule has 4 rings (SSSR count). The first-order chi connectivity index (χ1) is 21.3. The lowest BCUT2D eigenvalue weighted by Gasteiger charge is -2.17. The second-order valence-corrected chi connectivity index (χ2v) is 11.3. The van der Waals surface area contributed by atoms with Gasteiger partial charge in [0.2, 0.25) is 5.95 Å². The van der Waals surface area contributed by atoms with Crippen molar-refractivity contribution in [1.29, 1.82) is 0 Å². The Labute approximate surface area is 254 Å². The van der Waals surface area contributed by atoms with Gasteiger partial charge in [-0.3, -0.25) is 14.0 Å². The standard InChI is InChI=1S/C27H30F3N8O6P/c1-31-25(40)23-21(8-7-19(34-23)17-12-33-38(14-17)9-3-4-10-39)35-24-18(27(28,29)30)13-32-26(37-24)36-20-6-5-16(11-22(20)44-2)15-45(41,42)43/h5-8,11-14,39H,3-4,9-10,15H2,1-2H3,(H,31,40)(H2,41,42,43)(H2,32,35,36,37). The maximum absolute atomic E-state index is 14.0. The first kappa shape index (κ1) is 33.3. The summed E-state index contributed by atoms with van der Waals surface area (Å²) in [5.41, 5.74) is -0.0775. The number of anilines is 4. The molecule has 0 unspecified atom stereocenters. The normalized spacial score (nSPS) is 11.7. The summed E-state index contributed by atoms with van der Waals surface area (Å²) in [4.78, 5) is 43.5. The van der Waals surface area contributed by atoms with Crippen LogP contribution in [-0.4, -0.2) is 66.3 Å². The largest absolute Gasteiger partial charge is 0.495 e. The number of amides is 1. The van der Waals surface area contributed by atoms with Crippen molar-refractivity contribution in [3.05, 3.63) is 65.7 Å². The number of alkyl halides is 3. The maximum atomic E-state index is 14.0. The Morgan fingerprint density at radius 3 is 2.49 bits per heavy atom. The van der Waals surface area contributed by atoms with Gasteiger partial charge in [0.1, 0.15) is 17.1 Å². The molecule has 0 saturated carbocycles. The predicted molar refractivity (Wildman–Crippen MR) is 158 cm³/mol. The van der Waals surface area contributed by atoms with Crippen LogP contribution in [0.15, 0.2) is 48.9 Å². The number of aliphatic hydroxyl groups excluding tert-OH is 1. The van der Waals surface area contributed by atoms with E-state index >= 15 is 0 Å². The van der Waals surface area contributed by atoms with E-state index in [9.17, 15) is 32.3 Å². The highest BCUT2D eigenvalue weighted by Gasteiger charge is 2.36. The SMILES string of the molecule is CNC(=O)c1nc(-c2cnn(CCCCO)c2)ccc1Nc1nc(Nc2ccc(CP(=O)(O)O)cc2OC)ncc1C(F)(F)F. The number of aromatic nitrogens is 5. The van der Waals surface area contributed by atoms with Gasteiger partial charge in [0.15, 0.2) is 5.69 Å². The molecule has 45 heavy (non-hydrogen) atoms. The zero-order chi connectivity index (χ0) is 32.8. The van der Waals surface area contributed by atoms with Crippen molar-refractivity contribution in [3.63, 3.8) is 0 Å². The van der Waals surface area contributed by atoms with E-state index in [1.807, 2.05) is 0 Å².